The van der Waals surface area contributed by atoms with Crippen molar-refractivity contribution in [3.05, 3.63) is 35.9 Å². The maximum atomic E-state index is 11.4. The molecule has 0 amide bonds. The van der Waals surface area contributed by atoms with Crippen molar-refractivity contribution in [3.8, 4) is 0 Å². The smallest absolute Gasteiger partial charge is 0.188 e. The lowest BCUT2D eigenvalue weighted by molar-refractivity contribution is -0.111. The fraction of sp³-hybridized carbons (Fsp3) is 0.588. The third-order valence-electron chi connectivity index (χ3n) is 3.49. The number of thioether (sulfide) groups is 1. The maximum Gasteiger partial charge on any atom is 0.188 e. The molecular formula is C17H26OS. The van der Waals surface area contributed by atoms with Gasteiger partial charge in [-0.25, -0.2) is 0 Å². The van der Waals surface area contributed by atoms with E-state index in [-0.39, 0.29) is 0 Å². The summed E-state index contributed by atoms with van der Waals surface area (Å²) in [6.07, 6.45) is 6.63. The number of hydrogen-bond donors (Lipinski definition) is 0. The van der Waals surface area contributed by atoms with Crippen LogP contribution in [0, 0.1) is 5.92 Å². The van der Waals surface area contributed by atoms with Gasteiger partial charge in [0.1, 0.15) is 0 Å². The van der Waals surface area contributed by atoms with Crippen LogP contribution in [0.2, 0.25) is 0 Å². The van der Waals surface area contributed by atoms with Crippen molar-refractivity contribution >= 4 is 16.9 Å². The van der Waals surface area contributed by atoms with Crippen molar-refractivity contribution in [1.29, 1.82) is 0 Å². The predicted octanol–water partition coefficient (Wildman–Crippen LogP) is 5.10. The molecule has 0 aliphatic heterocycles. The maximum absolute atomic E-state index is 11.4. The van der Waals surface area contributed by atoms with E-state index in [1.165, 1.54) is 43.0 Å². The minimum atomic E-state index is 0.360. The Bertz CT molecular complexity index is 348. The molecule has 1 nitrogen and oxygen atoms in total. The quantitative estimate of drug-likeness (QED) is 0.585. The summed E-state index contributed by atoms with van der Waals surface area (Å²) in [5.74, 6) is 1.67. The Kier molecular flexibility index (Phi) is 8.64. The molecule has 0 N–H and O–H groups in total. The average Bonchev–Trinajstić information content (AvgIpc) is 2.43. The van der Waals surface area contributed by atoms with E-state index in [4.69, 9.17) is 0 Å². The van der Waals surface area contributed by atoms with E-state index >= 15 is 0 Å². The van der Waals surface area contributed by atoms with E-state index in [9.17, 15) is 4.79 Å². The van der Waals surface area contributed by atoms with Crippen LogP contribution in [0.4, 0.5) is 0 Å². The summed E-state index contributed by atoms with van der Waals surface area (Å²) >= 11 is 1.46. The molecule has 0 bridgehead atoms. The minimum Gasteiger partial charge on any atom is -0.287 e. The van der Waals surface area contributed by atoms with Gasteiger partial charge in [0.2, 0.25) is 0 Å². The molecule has 1 unspecified atom stereocenters. The average molecular weight is 278 g/mol. The molecule has 0 aromatic heterocycles. The first-order chi connectivity index (χ1) is 9.26. The first-order valence-electron chi connectivity index (χ1n) is 7.45. The van der Waals surface area contributed by atoms with E-state index in [0.717, 1.165) is 24.5 Å². The van der Waals surface area contributed by atoms with Crippen LogP contribution >= 0.6 is 11.8 Å². The Morgan fingerprint density at radius 1 is 1.16 bits per heavy atom. The van der Waals surface area contributed by atoms with Crippen molar-refractivity contribution in [2.75, 3.05) is 5.75 Å². The van der Waals surface area contributed by atoms with Gasteiger partial charge in [0, 0.05) is 6.42 Å². The minimum absolute atomic E-state index is 0.360. The van der Waals surface area contributed by atoms with Gasteiger partial charge < -0.3 is 0 Å². The second-order valence-electron chi connectivity index (χ2n) is 5.01. The SMILES string of the molecule is CCSC(=O)CCCCC(CC)Cc1ccccc1. The van der Waals surface area contributed by atoms with E-state index in [2.05, 4.69) is 37.3 Å². The van der Waals surface area contributed by atoms with Crippen molar-refractivity contribution in [2.24, 2.45) is 5.92 Å². The molecular weight excluding hydrogens is 252 g/mol. The summed E-state index contributed by atoms with van der Waals surface area (Å²) in [7, 11) is 0. The van der Waals surface area contributed by atoms with Crippen LogP contribution < -0.4 is 0 Å². The molecule has 0 aliphatic rings. The first-order valence-corrected chi connectivity index (χ1v) is 8.44. The molecule has 2 heteroatoms. The van der Waals surface area contributed by atoms with Crippen molar-refractivity contribution < 1.29 is 4.79 Å². The molecule has 19 heavy (non-hydrogen) atoms. The van der Waals surface area contributed by atoms with Gasteiger partial charge >= 0.3 is 0 Å². The van der Waals surface area contributed by atoms with Gasteiger partial charge in [0.15, 0.2) is 5.12 Å². The topological polar surface area (TPSA) is 17.1 Å². The predicted molar refractivity (Wildman–Crippen MR) is 85.5 cm³/mol. The van der Waals surface area contributed by atoms with Gasteiger partial charge in [-0.2, -0.15) is 0 Å². The highest BCUT2D eigenvalue weighted by Gasteiger charge is 2.08. The van der Waals surface area contributed by atoms with Crippen molar-refractivity contribution in [1.82, 2.24) is 0 Å². The third kappa shape index (κ3) is 7.41. The van der Waals surface area contributed by atoms with Crippen molar-refractivity contribution in [2.45, 2.75) is 52.4 Å². The summed E-state index contributed by atoms with van der Waals surface area (Å²) in [5.41, 5.74) is 1.44. The molecule has 0 heterocycles. The molecule has 0 spiro atoms. The molecule has 0 saturated carbocycles. The zero-order valence-electron chi connectivity index (χ0n) is 12.2. The standard InChI is InChI=1S/C17H26OS/c1-3-15(14-16-11-6-5-7-12-16)10-8-9-13-17(18)19-4-2/h5-7,11-12,15H,3-4,8-10,13-14H2,1-2H3. The van der Waals surface area contributed by atoms with E-state index < -0.39 is 0 Å². The largest absolute Gasteiger partial charge is 0.287 e. The number of benzene rings is 1. The van der Waals surface area contributed by atoms with E-state index in [0.29, 0.717) is 5.12 Å². The van der Waals surface area contributed by atoms with Crippen LogP contribution in [0.1, 0.15) is 51.5 Å². The molecule has 1 aromatic rings. The lowest BCUT2D eigenvalue weighted by Gasteiger charge is -2.14. The highest BCUT2D eigenvalue weighted by atomic mass is 32.2. The Morgan fingerprint density at radius 2 is 1.89 bits per heavy atom. The van der Waals surface area contributed by atoms with Crippen LogP contribution in [0.15, 0.2) is 30.3 Å². The van der Waals surface area contributed by atoms with Crippen LogP contribution in [-0.4, -0.2) is 10.9 Å². The molecule has 1 aromatic carbocycles. The molecule has 0 aliphatic carbocycles. The molecule has 1 rings (SSSR count). The van der Waals surface area contributed by atoms with E-state index in [1.54, 1.807) is 0 Å². The fourth-order valence-corrected chi connectivity index (χ4v) is 2.94. The molecule has 0 radical (unpaired) electrons. The lowest BCUT2D eigenvalue weighted by Crippen LogP contribution is -2.04. The van der Waals surface area contributed by atoms with Gasteiger partial charge in [0.25, 0.3) is 0 Å². The van der Waals surface area contributed by atoms with Crippen LogP contribution in [0.5, 0.6) is 0 Å². The highest BCUT2D eigenvalue weighted by Crippen LogP contribution is 2.19. The highest BCUT2D eigenvalue weighted by molar-refractivity contribution is 8.13. The Hall–Kier alpha value is -0.760. The number of rotatable bonds is 9. The summed E-state index contributed by atoms with van der Waals surface area (Å²) in [6.45, 7) is 4.31. The third-order valence-corrected chi connectivity index (χ3v) is 4.31. The lowest BCUT2D eigenvalue weighted by atomic mass is 9.92. The molecule has 1 atom stereocenters. The van der Waals surface area contributed by atoms with Gasteiger partial charge in [-0.1, -0.05) is 75.2 Å². The summed E-state index contributed by atoms with van der Waals surface area (Å²) < 4.78 is 0. The van der Waals surface area contributed by atoms with Gasteiger partial charge in [-0.15, -0.1) is 0 Å². The van der Waals surface area contributed by atoms with Gasteiger partial charge in [0.05, 0.1) is 0 Å². The summed E-state index contributed by atoms with van der Waals surface area (Å²) in [6, 6.07) is 10.7. The van der Waals surface area contributed by atoms with Gasteiger partial charge in [-0.05, 0) is 30.1 Å². The first kappa shape index (κ1) is 16.3. The fourth-order valence-electron chi connectivity index (χ4n) is 2.33. The Balaban J connectivity index is 2.20. The summed E-state index contributed by atoms with van der Waals surface area (Å²) in [4.78, 5) is 11.4. The molecule has 106 valence electrons. The van der Waals surface area contributed by atoms with E-state index in [1.807, 2.05) is 6.92 Å². The second kappa shape index (κ2) is 10.1. The Labute approximate surface area is 122 Å². The van der Waals surface area contributed by atoms with Gasteiger partial charge in [-0.3, -0.25) is 4.79 Å². The normalized spacial score (nSPS) is 12.3. The molecule has 0 saturated heterocycles. The van der Waals surface area contributed by atoms with Crippen LogP contribution in [0.25, 0.3) is 0 Å². The monoisotopic (exact) mass is 278 g/mol. The molecule has 0 fully saturated rings. The Morgan fingerprint density at radius 3 is 2.53 bits per heavy atom. The van der Waals surface area contributed by atoms with Crippen LogP contribution in [0.3, 0.4) is 0 Å². The number of hydrogen-bond acceptors (Lipinski definition) is 2. The summed E-state index contributed by atoms with van der Waals surface area (Å²) in [5, 5.41) is 0.360. The number of carbonyl (C=O) groups is 1. The van der Waals surface area contributed by atoms with Crippen LogP contribution in [-0.2, 0) is 11.2 Å². The zero-order valence-corrected chi connectivity index (χ0v) is 13.0. The number of carbonyl (C=O) groups excluding carboxylic acids is 1. The number of unbranched alkanes of at least 4 members (excludes halogenated alkanes) is 1. The zero-order chi connectivity index (χ0) is 13.9. The second-order valence-corrected chi connectivity index (χ2v) is 6.34. The van der Waals surface area contributed by atoms with Crippen molar-refractivity contribution in [3.63, 3.8) is 0 Å².